The van der Waals surface area contributed by atoms with Crippen LogP contribution in [0.15, 0.2) is 28.3 Å². The minimum Gasteiger partial charge on any atom is -0.252 e. The van der Waals surface area contributed by atoms with Crippen LogP contribution in [-0.4, -0.2) is 9.97 Å². The average Bonchev–Trinajstić information content (AvgIpc) is 2.53. The van der Waals surface area contributed by atoms with Crippen LogP contribution in [0.2, 0.25) is 5.02 Å². The van der Waals surface area contributed by atoms with E-state index in [1.807, 2.05) is 6.07 Å². The molecule has 0 unspecified atom stereocenters. The second-order valence-corrected chi connectivity index (χ2v) is 5.18. The van der Waals surface area contributed by atoms with Gasteiger partial charge in [0.25, 0.3) is 0 Å². The molecule has 2 aromatic rings. The second kappa shape index (κ2) is 3.74. The molecule has 2 rings (SSSR count). The van der Waals surface area contributed by atoms with Gasteiger partial charge in [-0.2, -0.15) is 0 Å². The van der Waals surface area contributed by atoms with Gasteiger partial charge in [-0.05, 0) is 28.1 Å². The fraction of sp³-hybridized carbons (Fsp3) is 0. The van der Waals surface area contributed by atoms with Crippen molar-refractivity contribution in [2.24, 2.45) is 0 Å². The molecule has 66 valence electrons. The number of hydrogen-bond acceptors (Lipinski definition) is 3. The Labute approximate surface area is 92.7 Å². The minimum absolute atomic E-state index is 0.638. The van der Waals surface area contributed by atoms with E-state index in [2.05, 4.69) is 25.9 Å². The van der Waals surface area contributed by atoms with E-state index in [-0.39, 0.29) is 0 Å². The predicted molar refractivity (Wildman–Crippen MR) is 58.1 cm³/mol. The molecule has 13 heavy (non-hydrogen) atoms. The summed E-state index contributed by atoms with van der Waals surface area (Å²) < 4.78 is 0.999. The standard InChI is InChI=1S/C8H4BrClN2S/c9-7-4-12-8(13-7)6-2-1-5(10)3-11-6/h1-4H. The van der Waals surface area contributed by atoms with Gasteiger partial charge >= 0.3 is 0 Å². The molecule has 0 radical (unpaired) electrons. The number of hydrogen-bond donors (Lipinski definition) is 0. The van der Waals surface area contributed by atoms with Crippen molar-refractivity contribution in [1.29, 1.82) is 0 Å². The molecule has 0 atom stereocenters. The van der Waals surface area contributed by atoms with Crippen molar-refractivity contribution in [2.75, 3.05) is 0 Å². The van der Waals surface area contributed by atoms with Gasteiger partial charge in [0.1, 0.15) is 5.01 Å². The summed E-state index contributed by atoms with van der Waals surface area (Å²) in [4.78, 5) is 8.34. The molecule has 2 nitrogen and oxygen atoms in total. The monoisotopic (exact) mass is 274 g/mol. The zero-order valence-corrected chi connectivity index (χ0v) is 9.53. The van der Waals surface area contributed by atoms with E-state index in [1.165, 1.54) is 0 Å². The summed E-state index contributed by atoms with van der Waals surface area (Å²) in [7, 11) is 0. The molecule has 0 aliphatic carbocycles. The summed E-state index contributed by atoms with van der Waals surface area (Å²) in [6, 6.07) is 3.66. The summed E-state index contributed by atoms with van der Waals surface area (Å²) in [5.74, 6) is 0. The second-order valence-electron chi connectivity index (χ2n) is 2.33. The molecule has 0 N–H and O–H groups in total. The fourth-order valence-corrected chi connectivity index (χ4v) is 2.17. The molecule has 0 aliphatic rings. The van der Waals surface area contributed by atoms with Crippen molar-refractivity contribution in [3.05, 3.63) is 33.3 Å². The third-order valence-corrected chi connectivity index (χ3v) is 3.15. The first-order chi connectivity index (χ1) is 6.25. The SMILES string of the molecule is Clc1ccc(-c2ncc(Br)s2)nc1. The topological polar surface area (TPSA) is 25.8 Å². The number of halogens is 2. The summed E-state index contributed by atoms with van der Waals surface area (Å²) in [6.07, 6.45) is 3.38. The van der Waals surface area contributed by atoms with Crippen molar-refractivity contribution < 1.29 is 0 Å². The first-order valence-electron chi connectivity index (χ1n) is 3.49. The molecular weight excluding hydrogens is 272 g/mol. The molecule has 0 aliphatic heterocycles. The first kappa shape index (κ1) is 9.12. The zero-order valence-electron chi connectivity index (χ0n) is 6.37. The first-order valence-corrected chi connectivity index (χ1v) is 5.48. The van der Waals surface area contributed by atoms with Crippen LogP contribution in [0.25, 0.3) is 10.7 Å². The van der Waals surface area contributed by atoms with Gasteiger partial charge in [-0.1, -0.05) is 11.6 Å². The highest BCUT2D eigenvalue weighted by molar-refractivity contribution is 9.11. The summed E-state index contributed by atoms with van der Waals surface area (Å²) >= 11 is 10.6. The molecule has 0 amide bonds. The molecule has 0 spiro atoms. The van der Waals surface area contributed by atoms with Crippen LogP contribution in [0.1, 0.15) is 0 Å². The Balaban J connectivity index is 2.41. The van der Waals surface area contributed by atoms with Gasteiger partial charge in [0.15, 0.2) is 0 Å². The Morgan fingerprint density at radius 1 is 1.23 bits per heavy atom. The van der Waals surface area contributed by atoms with E-state index in [4.69, 9.17) is 11.6 Å². The molecule has 0 saturated heterocycles. The molecule has 2 heterocycles. The summed E-state index contributed by atoms with van der Waals surface area (Å²) in [6.45, 7) is 0. The van der Waals surface area contributed by atoms with E-state index in [1.54, 1.807) is 29.8 Å². The highest BCUT2D eigenvalue weighted by atomic mass is 79.9. The lowest BCUT2D eigenvalue weighted by molar-refractivity contribution is 1.29. The van der Waals surface area contributed by atoms with E-state index in [0.717, 1.165) is 14.5 Å². The van der Waals surface area contributed by atoms with E-state index >= 15 is 0 Å². The van der Waals surface area contributed by atoms with Crippen molar-refractivity contribution in [3.63, 3.8) is 0 Å². The number of nitrogens with zero attached hydrogens (tertiary/aromatic N) is 2. The third-order valence-electron chi connectivity index (χ3n) is 1.42. The third kappa shape index (κ3) is 2.07. The molecular formula is C8H4BrClN2S. The summed E-state index contributed by atoms with van der Waals surface area (Å²) in [5, 5.41) is 1.53. The van der Waals surface area contributed by atoms with E-state index in [0.29, 0.717) is 5.02 Å². The maximum absolute atomic E-state index is 5.72. The number of rotatable bonds is 1. The van der Waals surface area contributed by atoms with Crippen LogP contribution in [-0.2, 0) is 0 Å². The van der Waals surface area contributed by atoms with E-state index in [9.17, 15) is 0 Å². The van der Waals surface area contributed by atoms with Gasteiger partial charge < -0.3 is 0 Å². The highest BCUT2D eigenvalue weighted by Gasteiger charge is 2.03. The summed E-state index contributed by atoms with van der Waals surface area (Å²) in [5.41, 5.74) is 0.847. The van der Waals surface area contributed by atoms with Crippen molar-refractivity contribution in [2.45, 2.75) is 0 Å². The molecule has 5 heteroatoms. The normalized spacial score (nSPS) is 10.3. The predicted octanol–water partition coefficient (Wildman–Crippen LogP) is 3.62. The molecule has 0 fully saturated rings. The Hall–Kier alpha value is -0.450. The Morgan fingerprint density at radius 2 is 2.08 bits per heavy atom. The number of thiazole rings is 1. The quantitative estimate of drug-likeness (QED) is 0.794. The fourth-order valence-electron chi connectivity index (χ4n) is 0.875. The lowest BCUT2D eigenvalue weighted by Gasteiger charge is -1.93. The van der Waals surface area contributed by atoms with Gasteiger partial charge in [-0.3, -0.25) is 4.98 Å². The van der Waals surface area contributed by atoms with Crippen LogP contribution >= 0.6 is 38.9 Å². The van der Waals surface area contributed by atoms with Crippen LogP contribution in [0, 0.1) is 0 Å². The van der Waals surface area contributed by atoms with Crippen molar-refractivity contribution >= 4 is 38.9 Å². The highest BCUT2D eigenvalue weighted by Crippen LogP contribution is 2.27. The molecule has 2 aromatic heterocycles. The van der Waals surface area contributed by atoms with Gasteiger partial charge in [0.2, 0.25) is 0 Å². The van der Waals surface area contributed by atoms with E-state index < -0.39 is 0 Å². The van der Waals surface area contributed by atoms with Gasteiger partial charge in [0, 0.05) is 6.20 Å². The molecule has 0 aromatic carbocycles. The molecule has 0 saturated carbocycles. The smallest absolute Gasteiger partial charge is 0.142 e. The Bertz CT molecular complexity index is 412. The minimum atomic E-state index is 0.638. The number of pyridine rings is 1. The van der Waals surface area contributed by atoms with Crippen LogP contribution in [0.5, 0.6) is 0 Å². The van der Waals surface area contributed by atoms with Crippen LogP contribution in [0.4, 0.5) is 0 Å². The van der Waals surface area contributed by atoms with Crippen LogP contribution in [0.3, 0.4) is 0 Å². The lowest BCUT2D eigenvalue weighted by Crippen LogP contribution is -1.79. The zero-order chi connectivity index (χ0) is 9.26. The van der Waals surface area contributed by atoms with Crippen LogP contribution < -0.4 is 0 Å². The largest absolute Gasteiger partial charge is 0.252 e. The Kier molecular flexibility index (Phi) is 2.62. The van der Waals surface area contributed by atoms with Gasteiger partial charge in [0.05, 0.1) is 20.7 Å². The molecule has 0 bridgehead atoms. The van der Waals surface area contributed by atoms with Crippen molar-refractivity contribution in [3.8, 4) is 10.7 Å². The maximum atomic E-state index is 5.72. The van der Waals surface area contributed by atoms with Gasteiger partial charge in [-0.15, -0.1) is 11.3 Å². The maximum Gasteiger partial charge on any atom is 0.142 e. The number of aromatic nitrogens is 2. The lowest BCUT2D eigenvalue weighted by atomic mass is 10.4. The Morgan fingerprint density at radius 3 is 2.62 bits per heavy atom. The van der Waals surface area contributed by atoms with Gasteiger partial charge in [-0.25, -0.2) is 4.98 Å². The van der Waals surface area contributed by atoms with Crippen molar-refractivity contribution in [1.82, 2.24) is 9.97 Å². The average molecular weight is 276 g/mol.